The summed E-state index contributed by atoms with van der Waals surface area (Å²) in [5.41, 5.74) is 7.91. The molecular weight excluding hydrogens is 396 g/mol. The summed E-state index contributed by atoms with van der Waals surface area (Å²) in [4.78, 5) is 15.1. The van der Waals surface area contributed by atoms with Crippen LogP contribution in [0.1, 0.15) is 34.2 Å². The number of nitrogens with two attached hydrogens (primary N) is 1. The fourth-order valence-corrected chi connectivity index (χ4v) is 5.13. The highest BCUT2D eigenvalue weighted by Gasteiger charge is 2.49. The molecule has 164 valence electrons. The van der Waals surface area contributed by atoms with E-state index in [9.17, 15) is 4.79 Å². The number of primary amides is 1. The highest BCUT2D eigenvalue weighted by molar-refractivity contribution is 5.91. The summed E-state index contributed by atoms with van der Waals surface area (Å²) in [7, 11) is 0. The molecule has 4 heteroatoms. The normalized spacial score (nSPS) is 22.2. The van der Waals surface area contributed by atoms with Crippen LogP contribution in [0.5, 0.6) is 5.75 Å². The van der Waals surface area contributed by atoms with E-state index < -0.39 is 24.2 Å². The number of ether oxygens (including phenoxy) is 1. The van der Waals surface area contributed by atoms with Gasteiger partial charge in [0, 0.05) is 24.9 Å². The Hall–Kier alpha value is -3.11. The number of likely N-dealkylation sites (tertiary alicyclic amines) is 1. The Labute approximate surface area is 195 Å². The maximum Gasteiger partial charge on any atom is 0.232 e. The molecule has 0 saturated carbocycles. The molecule has 3 aromatic carbocycles. The number of hydrogen-bond acceptors (Lipinski definition) is 3. The first-order valence-electron chi connectivity index (χ1n) is 13.1. The second-order valence-corrected chi connectivity index (χ2v) is 8.47. The summed E-state index contributed by atoms with van der Waals surface area (Å²) < 4.78 is 39.6. The van der Waals surface area contributed by atoms with Gasteiger partial charge in [-0.3, -0.25) is 4.79 Å². The quantitative estimate of drug-likeness (QED) is 0.617. The monoisotopic (exact) mass is 430 g/mol. The maximum atomic E-state index is 13.3. The molecule has 32 heavy (non-hydrogen) atoms. The molecule has 4 nitrogen and oxygen atoms in total. The molecule has 1 saturated heterocycles. The van der Waals surface area contributed by atoms with E-state index in [-0.39, 0.29) is 18.9 Å². The van der Waals surface area contributed by atoms with Gasteiger partial charge in [-0.15, -0.1) is 0 Å². The van der Waals surface area contributed by atoms with Gasteiger partial charge in [-0.2, -0.15) is 0 Å². The predicted octanol–water partition coefficient (Wildman–Crippen LogP) is 3.96. The second-order valence-electron chi connectivity index (χ2n) is 8.47. The Bertz CT molecular complexity index is 1210. The van der Waals surface area contributed by atoms with Crippen molar-refractivity contribution in [2.24, 2.45) is 11.7 Å². The number of carbonyl (C=O) groups excluding carboxylic acids is 1. The molecule has 0 unspecified atom stereocenters. The number of amides is 1. The Morgan fingerprint density at radius 3 is 2.44 bits per heavy atom. The lowest BCUT2D eigenvalue weighted by molar-refractivity contribution is -0.123. The molecule has 0 aliphatic carbocycles. The van der Waals surface area contributed by atoms with Crippen molar-refractivity contribution in [3.05, 3.63) is 101 Å². The molecule has 2 aliphatic rings. The van der Waals surface area contributed by atoms with Crippen LogP contribution < -0.4 is 10.5 Å². The van der Waals surface area contributed by atoms with Crippen LogP contribution in [0.4, 0.5) is 0 Å². The average Bonchev–Trinajstić information content (AvgIpc) is 3.47. The van der Waals surface area contributed by atoms with Crippen molar-refractivity contribution in [2.75, 3.05) is 26.2 Å². The SMILES string of the molecule is [2H]C1([2H])COc2ccc(CC([2H])([2H])N3CC[C@@H](C(C(N)=O)(c4ccccc4)c4ccccc4)C3)cc21. The third-order valence-corrected chi connectivity index (χ3v) is 6.69. The standard InChI is InChI=1S/C28H30N2O2/c29-27(31)28(23-7-3-1-4-8-23,24-9-5-2-6-10-24)25-14-17-30(20-25)16-13-21-11-12-26-22(19-21)15-18-32-26/h1-12,19,25H,13-18,20H2,(H2,29,31)/t25-/m1/s1/i15D2,16D2. The van der Waals surface area contributed by atoms with E-state index in [2.05, 4.69) is 0 Å². The molecule has 5 rings (SSSR count). The van der Waals surface area contributed by atoms with Crippen molar-refractivity contribution < 1.29 is 15.0 Å². The first-order chi connectivity index (χ1) is 17.1. The third-order valence-electron chi connectivity index (χ3n) is 6.69. The van der Waals surface area contributed by atoms with Gasteiger partial charge in [-0.1, -0.05) is 72.8 Å². The molecule has 1 fully saturated rings. The topological polar surface area (TPSA) is 55.6 Å². The predicted molar refractivity (Wildman–Crippen MR) is 127 cm³/mol. The van der Waals surface area contributed by atoms with E-state index in [1.54, 1.807) is 23.1 Å². The summed E-state index contributed by atoms with van der Waals surface area (Å²) in [6.07, 6.45) is -0.862. The van der Waals surface area contributed by atoms with Crippen LogP contribution in [-0.2, 0) is 23.0 Å². The van der Waals surface area contributed by atoms with Gasteiger partial charge in [0.05, 0.1) is 6.61 Å². The fraction of sp³-hybridized carbons (Fsp3) is 0.321. The van der Waals surface area contributed by atoms with E-state index in [1.807, 2.05) is 60.7 Å². The first kappa shape index (κ1) is 16.5. The van der Waals surface area contributed by atoms with E-state index in [4.69, 9.17) is 16.0 Å². The van der Waals surface area contributed by atoms with Crippen LogP contribution in [0.3, 0.4) is 0 Å². The van der Waals surface area contributed by atoms with Crippen LogP contribution in [0.15, 0.2) is 78.9 Å². The summed E-state index contributed by atoms with van der Waals surface area (Å²) in [5.74, 6) is -0.131. The first-order valence-corrected chi connectivity index (χ1v) is 11.1. The van der Waals surface area contributed by atoms with Crippen molar-refractivity contribution in [1.82, 2.24) is 4.90 Å². The molecule has 2 N–H and O–H groups in total. The van der Waals surface area contributed by atoms with Crippen LogP contribution in [0.25, 0.3) is 0 Å². The molecule has 2 aliphatic heterocycles. The summed E-state index contributed by atoms with van der Waals surface area (Å²) in [6, 6.07) is 24.4. The zero-order chi connectivity index (χ0) is 25.6. The number of hydrogen-bond donors (Lipinski definition) is 1. The molecule has 0 aromatic heterocycles. The van der Waals surface area contributed by atoms with Gasteiger partial charge in [0.15, 0.2) is 0 Å². The van der Waals surface area contributed by atoms with Crippen molar-refractivity contribution in [1.29, 1.82) is 0 Å². The van der Waals surface area contributed by atoms with Crippen molar-refractivity contribution in [2.45, 2.75) is 24.6 Å². The summed E-state index contributed by atoms with van der Waals surface area (Å²) in [5, 5.41) is 0. The minimum Gasteiger partial charge on any atom is -0.493 e. The third kappa shape index (κ3) is 3.69. The lowest BCUT2D eigenvalue weighted by Gasteiger charge is -2.37. The van der Waals surface area contributed by atoms with Crippen LogP contribution in [-0.4, -0.2) is 37.0 Å². The van der Waals surface area contributed by atoms with E-state index >= 15 is 0 Å². The van der Waals surface area contributed by atoms with Crippen molar-refractivity contribution in [3.8, 4) is 5.75 Å². The molecule has 2 heterocycles. The number of rotatable bonds is 7. The Balaban J connectivity index is 1.45. The molecule has 3 aromatic rings. The zero-order valence-electron chi connectivity index (χ0n) is 22.0. The summed E-state index contributed by atoms with van der Waals surface area (Å²) in [6.45, 7) is -0.859. The number of carbonyl (C=O) groups is 1. The van der Waals surface area contributed by atoms with Gasteiger partial charge in [-0.05, 0) is 53.6 Å². The van der Waals surface area contributed by atoms with E-state index in [0.29, 0.717) is 36.4 Å². The Morgan fingerprint density at radius 2 is 1.78 bits per heavy atom. The molecule has 1 atom stereocenters. The van der Waals surface area contributed by atoms with Gasteiger partial charge in [0.1, 0.15) is 11.2 Å². The van der Waals surface area contributed by atoms with Crippen LogP contribution >= 0.6 is 0 Å². The van der Waals surface area contributed by atoms with E-state index in [0.717, 1.165) is 11.1 Å². The van der Waals surface area contributed by atoms with Crippen molar-refractivity contribution in [3.63, 3.8) is 0 Å². The zero-order valence-corrected chi connectivity index (χ0v) is 18.0. The number of benzene rings is 3. The number of nitrogens with zero attached hydrogens (tertiary/aromatic N) is 1. The highest BCUT2D eigenvalue weighted by Crippen LogP contribution is 2.43. The lowest BCUT2D eigenvalue weighted by atomic mass is 9.64. The minimum absolute atomic E-state index is 0.0271. The van der Waals surface area contributed by atoms with Gasteiger partial charge < -0.3 is 15.4 Å². The summed E-state index contributed by atoms with van der Waals surface area (Å²) >= 11 is 0. The maximum absolute atomic E-state index is 13.3. The number of fused-ring (bicyclic) bond motifs is 1. The fourth-order valence-electron chi connectivity index (χ4n) is 5.13. The van der Waals surface area contributed by atoms with Crippen LogP contribution in [0.2, 0.25) is 0 Å². The van der Waals surface area contributed by atoms with Crippen molar-refractivity contribution >= 4 is 5.91 Å². The number of aryl methyl sites for hydroxylation is 1. The molecule has 0 radical (unpaired) electrons. The minimum atomic E-state index is -1.69. The van der Waals surface area contributed by atoms with Gasteiger partial charge in [-0.25, -0.2) is 0 Å². The largest absolute Gasteiger partial charge is 0.493 e. The van der Waals surface area contributed by atoms with E-state index in [1.165, 1.54) is 0 Å². The Morgan fingerprint density at radius 1 is 1.09 bits per heavy atom. The smallest absolute Gasteiger partial charge is 0.232 e. The van der Waals surface area contributed by atoms with Gasteiger partial charge in [0.25, 0.3) is 0 Å². The van der Waals surface area contributed by atoms with Gasteiger partial charge in [0.2, 0.25) is 5.91 Å². The molecular formula is C28H30N2O2. The second kappa shape index (κ2) is 8.79. The molecule has 0 bridgehead atoms. The van der Waals surface area contributed by atoms with Crippen LogP contribution in [0, 0.1) is 5.92 Å². The molecule has 1 amide bonds. The lowest BCUT2D eigenvalue weighted by Crippen LogP contribution is -2.49. The Kier molecular flexibility index (Phi) is 4.54. The molecule has 0 spiro atoms. The van der Waals surface area contributed by atoms with Gasteiger partial charge >= 0.3 is 0 Å². The average molecular weight is 431 g/mol. The highest BCUT2D eigenvalue weighted by atomic mass is 16.5.